The van der Waals surface area contributed by atoms with Crippen LogP contribution in [0.2, 0.25) is 0 Å². The van der Waals surface area contributed by atoms with Crippen LogP contribution in [-0.2, 0) is 10.0 Å². The zero-order chi connectivity index (χ0) is 14.0. The fraction of sp³-hybridized carbons (Fsp3) is 0.200. The van der Waals surface area contributed by atoms with Gasteiger partial charge in [-0.15, -0.1) is 0 Å². The number of nitrogens with one attached hydrogen (secondary N) is 1. The number of aliphatic hydroxyl groups is 1. The van der Waals surface area contributed by atoms with Gasteiger partial charge in [0.15, 0.2) is 0 Å². The molecule has 1 aromatic rings. The average molecular weight is 281 g/mol. The molecule has 0 heterocycles. The number of halogens is 3. The van der Waals surface area contributed by atoms with Crippen molar-refractivity contribution in [1.82, 2.24) is 4.72 Å². The molecule has 0 aromatic heterocycles. The summed E-state index contributed by atoms with van der Waals surface area (Å²) in [5.74, 6) is 0. The van der Waals surface area contributed by atoms with Crippen molar-refractivity contribution in [2.45, 2.75) is 11.7 Å². The van der Waals surface area contributed by atoms with Crippen LogP contribution >= 0.6 is 0 Å². The number of hydrogen-bond donors (Lipinski definition) is 2. The van der Waals surface area contributed by atoms with E-state index in [2.05, 4.69) is 6.58 Å². The highest BCUT2D eigenvalue weighted by molar-refractivity contribution is 7.90. The Bertz CT molecular complexity index is 522. The summed E-state index contributed by atoms with van der Waals surface area (Å²) in [6, 6.07) is 5.54. The smallest absolute Gasteiger partial charge is 0.373 e. The molecule has 0 saturated carbocycles. The highest BCUT2D eigenvalue weighted by Gasteiger charge is 2.46. The fourth-order valence-corrected chi connectivity index (χ4v) is 1.66. The first-order valence-corrected chi connectivity index (χ1v) is 6.15. The van der Waals surface area contributed by atoms with E-state index < -0.39 is 21.8 Å². The SMILES string of the molecule is C=Cc1ccc(C(O)NS(=O)(=O)C(F)(F)F)cc1. The molecule has 4 nitrogen and oxygen atoms in total. The molecule has 0 radical (unpaired) electrons. The quantitative estimate of drug-likeness (QED) is 0.826. The first kappa shape index (κ1) is 14.7. The van der Waals surface area contributed by atoms with Gasteiger partial charge in [-0.05, 0) is 11.1 Å². The molecule has 0 aliphatic carbocycles. The number of benzene rings is 1. The van der Waals surface area contributed by atoms with Crippen LogP contribution < -0.4 is 4.72 Å². The van der Waals surface area contributed by atoms with E-state index in [0.717, 1.165) is 4.72 Å². The van der Waals surface area contributed by atoms with Crippen molar-refractivity contribution in [3.63, 3.8) is 0 Å². The summed E-state index contributed by atoms with van der Waals surface area (Å²) >= 11 is 0. The zero-order valence-electron chi connectivity index (χ0n) is 8.98. The van der Waals surface area contributed by atoms with Gasteiger partial charge in [-0.3, -0.25) is 0 Å². The number of hydrogen-bond acceptors (Lipinski definition) is 3. The van der Waals surface area contributed by atoms with E-state index in [9.17, 15) is 26.7 Å². The van der Waals surface area contributed by atoms with E-state index in [1.54, 1.807) is 0 Å². The Labute approximate surface area is 102 Å². The van der Waals surface area contributed by atoms with Crippen LogP contribution in [0, 0.1) is 0 Å². The van der Waals surface area contributed by atoms with Crippen molar-refractivity contribution in [3.05, 3.63) is 42.0 Å². The van der Waals surface area contributed by atoms with E-state index in [1.807, 2.05) is 0 Å². The van der Waals surface area contributed by atoms with Gasteiger partial charge in [-0.2, -0.15) is 17.9 Å². The van der Waals surface area contributed by atoms with Gasteiger partial charge in [0.05, 0.1) is 0 Å². The van der Waals surface area contributed by atoms with E-state index in [1.165, 1.54) is 30.3 Å². The van der Waals surface area contributed by atoms with Gasteiger partial charge in [0, 0.05) is 0 Å². The predicted molar refractivity (Wildman–Crippen MR) is 59.6 cm³/mol. The van der Waals surface area contributed by atoms with E-state index in [4.69, 9.17) is 0 Å². The first-order valence-electron chi connectivity index (χ1n) is 4.66. The minimum absolute atomic E-state index is 0.00609. The van der Waals surface area contributed by atoms with Crippen LogP contribution in [0.4, 0.5) is 13.2 Å². The molecule has 1 rings (SSSR count). The second-order valence-electron chi connectivity index (χ2n) is 3.34. The molecule has 1 atom stereocenters. The van der Waals surface area contributed by atoms with Crippen LogP contribution in [0.3, 0.4) is 0 Å². The second kappa shape index (κ2) is 5.09. The van der Waals surface area contributed by atoms with Gasteiger partial charge in [-0.25, -0.2) is 8.42 Å². The van der Waals surface area contributed by atoms with Gasteiger partial charge < -0.3 is 5.11 Å². The van der Waals surface area contributed by atoms with Gasteiger partial charge >= 0.3 is 15.5 Å². The Balaban J connectivity index is 2.89. The lowest BCUT2D eigenvalue weighted by Gasteiger charge is -2.15. The van der Waals surface area contributed by atoms with Gasteiger partial charge in [0.25, 0.3) is 0 Å². The van der Waals surface area contributed by atoms with Crippen molar-refractivity contribution in [2.75, 3.05) is 0 Å². The first-order chi connectivity index (χ1) is 8.17. The molecule has 0 fully saturated rings. The summed E-state index contributed by atoms with van der Waals surface area (Å²) in [5.41, 5.74) is -4.78. The van der Waals surface area contributed by atoms with Crippen LogP contribution in [0.1, 0.15) is 17.4 Å². The van der Waals surface area contributed by atoms with Crippen molar-refractivity contribution in [2.24, 2.45) is 0 Å². The van der Waals surface area contributed by atoms with Gasteiger partial charge in [0.2, 0.25) is 0 Å². The lowest BCUT2D eigenvalue weighted by molar-refractivity contribution is -0.0465. The molecular formula is C10H10F3NO3S. The molecule has 0 bridgehead atoms. The second-order valence-corrected chi connectivity index (χ2v) is 5.05. The molecule has 1 unspecified atom stereocenters. The molecule has 0 spiro atoms. The third-order valence-electron chi connectivity index (χ3n) is 2.06. The molecular weight excluding hydrogens is 271 g/mol. The third kappa shape index (κ3) is 3.31. The molecule has 2 N–H and O–H groups in total. The Morgan fingerprint density at radius 1 is 1.28 bits per heavy atom. The van der Waals surface area contributed by atoms with Crippen LogP contribution in [0.15, 0.2) is 30.8 Å². The molecule has 0 amide bonds. The summed E-state index contributed by atoms with van der Waals surface area (Å²) in [4.78, 5) is 0. The maximum Gasteiger partial charge on any atom is 0.511 e. The van der Waals surface area contributed by atoms with Crippen LogP contribution in [0.5, 0.6) is 0 Å². The summed E-state index contributed by atoms with van der Waals surface area (Å²) in [5, 5.41) is 9.37. The summed E-state index contributed by atoms with van der Waals surface area (Å²) < 4.78 is 58.8. The monoisotopic (exact) mass is 281 g/mol. The highest BCUT2D eigenvalue weighted by Crippen LogP contribution is 2.24. The fourth-order valence-electron chi connectivity index (χ4n) is 1.10. The topological polar surface area (TPSA) is 66.4 Å². The van der Waals surface area contributed by atoms with Crippen molar-refractivity contribution >= 4 is 16.1 Å². The Kier molecular flexibility index (Phi) is 4.15. The maximum atomic E-state index is 12.1. The molecule has 0 saturated heterocycles. The Hall–Kier alpha value is -1.38. The predicted octanol–water partition coefficient (Wildman–Crippen LogP) is 1.76. The molecule has 0 aliphatic rings. The van der Waals surface area contributed by atoms with E-state index in [0.29, 0.717) is 5.56 Å². The number of aliphatic hydroxyl groups excluding tert-OH is 1. The summed E-state index contributed by atoms with van der Waals surface area (Å²) in [7, 11) is -5.58. The van der Waals surface area contributed by atoms with E-state index in [-0.39, 0.29) is 5.56 Å². The van der Waals surface area contributed by atoms with Crippen LogP contribution in [0.25, 0.3) is 6.08 Å². The lowest BCUT2D eigenvalue weighted by Crippen LogP contribution is -2.38. The van der Waals surface area contributed by atoms with Crippen molar-refractivity contribution < 1.29 is 26.7 Å². The Morgan fingerprint density at radius 2 is 1.78 bits per heavy atom. The largest absolute Gasteiger partial charge is 0.511 e. The summed E-state index contributed by atoms with van der Waals surface area (Å²) in [6.45, 7) is 3.47. The van der Waals surface area contributed by atoms with E-state index >= 15 is 0 Å². The zero-order valence-corrected chi connectivity index (χ0v) is 9.79. The Morgan fingerprint density at radius 3 is 2.17 bits per heavy atom. The highest BCUT2D eigenvalue weighted by atomic mass is 32.2. The molecule has 1 aromatic carbocycles. The average Bonchev–Trinajstić information content (AvgIpc) is 2.27. The van der Waals surface area contributed by atoms with Gasteiger partial charge in [0.1, 0.15) is 6.23 Å². The standard InChI is InChI=1S/C10H10F3NO3S/c1-2-7-3-5-8(6-4-7)9(15)14-18(16,17)10(11,12)13/h2-6,9,14-15H,1H2. The van der Waals surface area contributed by atoms with Crippen molar-refractivity contribution in [1.29, 1.82) is 0 Å². The van der Waals surface area contributed by atoms with Crippen molar-refractivity contribution in [3.8, 4) is 0 Å². The summed E-state index contributed by atoms with van der Waals surface area (Å²) in [6.07, 6.45) is -0.466. The van der Waals surface area contributed by atoms with Gasteiger partial charge in [-0.1, -0.05) is 36.9 Å². The number of alkyl halides is 3. The molecule has 0 aliphatic heterocycles. The number of rotatable bonds is 4. The normalized spacial score (nSPS) is 14.2. The molecule has 100 valence electrons. The van der Waals surface area contributed by atoms with Crippen LogP contribution in [-0.4, -0.2) is 19.0 Å². The minimum Gasteiger partial charge on any atom is -0.373 e. The molecule has 8 heteroatoms. The third-order valence-corrected chi connectivity index (χ3v) is 3.20. The maximum absolute atomic E-state index is 12.1. The lowest BCUT2D eigenvalue weighted by atomic mass is 10.1. The number of sulfonamides is 1. The minimum atomic E-state index is -5.58. The molecule has 18 heavy (non-hydrogen) atoms.